The van der Waals surface area contributed by atoms with E-state index in [-0.39, 0.29) is 11.2 Å². The number of aromatic hydroxyl groups is 1. The van der Waals surface area contributed by atoms with Gasteiger partial charge in [0.05, 0.1) is 6.04 Å². The van der Waals surface area contributed by atoms with Crippen molar-refractivity contribution in [3.8, 4) is 5.75 Å². The van der Waals surface area contributed by atoms with Crippen molar-refractivity contribution in [3.63, 3.8) is 0 Å². The van der Waals surface area contributed by atoms with Gasteiger partial charge in [-0.3, -0.25) is 19.3 Å². The van der Waals surface area contributed by atoms with Crippen molar-refractivity contribution in [1.29, 1.82) is 0 Å². The molecule has 0 radical (unpaired) electrons. The van der Waals surface area contributed by atoms with E-state index in [2.05, 4.69) is 10.2 Å². The minimum absolute atomic E-state index is 0.238. The zero-order chi connectivity index (χ0) is 24.1. The van der Waals surface area contributed by atoms with Crippen LogP contribution in [0.2, 0.25) is 0 Å². The largest absolute Gasteiger partial charge is 0.503 e. The first-order valence-electron chi connectivity index (χ1n) is 10.7. The van der Waals surface area contributed by atoms with E-state index in [9.17, 15) is 32.7 Å². The molecule has 1 aromatic heterocycles. The lowest BCUT2D eigenvalue weighted by atomic mass is 9.87. The van der Waals surface area contributed by atoms with Gasteiger partial charge in [0.2, 0.25) is 5.43 Å². The van der Waals surface area contributed by atoms with Crippen LogP contribution in [-0.4, -0.2) is 45.4 Å². The minimum atomic E-state index is -1.24. The van der Waals surface area contributed by atoms with Crippen LogP contribution < -0.4 is 10.7 Å². The van der Waals surface area contributed by atoms with Gasteiger partial charge in [0, 0.05) is 42.0 Å². The molecule has 0 aliphatic carbocycles. The van der Waals surface area contributed by atoms with Crippen LogP contribution in [0.1, 0.15) is 65.1 Å². The topological polar surface area (TPSA) is 91.6 Å². The maximum atomic E-state index is 14.1. The first kappa shape index (κ1) is 23.0. The number of pyridine rings is 1. The van der Waals surface area contributed by atoms with E-state index in [4.69, 9.17) is 0 Å². The fourth-order valence-corrected chi connectivity index (χ4v) is 5.25. The molecule has 176 valence electrons. The second-order valence-corrected chi connectivity index (χ2v) is 8.90. The van der Waals surface area contributed by atoms with Crippen molar-refractivity contribution in [2.75, 3.05) is 7.05 Å². The molecule has 2 fully saturated rings. The predicted octanol–water partition coefficient (Wildman–Crippen LogP) is 2.90. The van der Waals surface area contributed by atoms with E-state index >= 15 is 0 Å². The normalized spacial score (nSPS) is 23.0. The average Bonchev–Trinajstić information content (AvgIpc) is 3.21. The number of nitrogens with one attached hydrogen (secondary N) is 1. The molecule has 10 heteroatoms. The molecule has 2 bridgehead atoms. The van der Waals surface area contributed by atoms with Gasteiger partial charge in [-0.1, -0.05) is 0 Å². The number of amides is 1. The number of rotatable bonds is 6. The summed E-state index contributed by atoms with van der Waals surface area (Å²) in [6.45, 7) is 1.57. The highest BCUT2D eigenvalue weighted by Gasteiger charge is 2.49. The molecule has 0 saturated carbocycles. The van der Waals surface area contributed by atoms with Gasteiger partial charge in [0.25, 0.3) is 5.91 Å². The van der Waals surface area contributed by atoms with E-state index < -0.39 is 51.7 Å². The van der Waals surface area contributed by atoms with E-state index in [1.807, 2.05) is 7.05 Å². The molecule has 2 aromatic rings. The van der Waals surface area contributed by atoms with Crippen LogP contribution in [0.5, 0.6) is 5.75 Å². The number of benzene rings is 1. The van der Waals surface area contributed by atoms with Gasteiger partial charge in [-0.25, -0.2) is 13.2 Å². The molecule has 1 aromatic carbocycles. The Bertz CT molecular complexity index is 1170. The Kier molecular flexibility index (Phi) is 5.81. The Morgan fingerprint density at radius 2 is 1.88 bits per heavy atom. The molecule has 2 aliphatic heterocycles. The summed E-state index contributed by atoms with van der Waals surface area (Å²) in [6.07, 6.45) is 5.31. The highest BCUT2D eigenvalue weighted by Crippen LogP contribution is 2.46. The van der Waals surface area contributed by atoms with Gasteiger partial charge in [0.15, 0.2) is 12.0 Å². The molecule has 3 heterocycles. The number of aldehydes is 1. The fraction of sp³-hybridized carbons (Fsp3) is 0.435. The standard InChI is InChI=1S/C23H24F3N3O4/c1-12(19-16(25)7-13(24)8-17(19)26)27-22(33)15-9-29(18(10-30)21(32)20(15)31)11-23-5-3-14(4-6-23)28(23)2/h7-10,12,14,32H,3-6,11H2,1-2H3,(H,27,33)/t12-,14?,23?/m1/s1. The van der Waals surface area contributed by atoms with Crippen LogP contribution in [0.25, 0.3) is 0 Å². The van der Waals surface area contributed by atoms with Crippen molar-refractivity contribution in [2.24, 2.45) is 0 Å². The third-order valence-electron chi connectivity index (χ3n) is 7.12. The zero-order valence-electron chi connectivity index (χ0n) is 18.2. The summed E-state index contributed by atoms with van der Waals surface area (Å²) >= 11 is 0. The molecule has 0 spiro atoms. The highest BCUT2D eigenvalue weighted by molar-refractivity contribution is 5.95. The lowest BCUT2D eigenvalue weighted by Crippen LogP contribution is -2.43. The van der Waals surface area contributed by atoms with Gasteiger partial charge in [-0.05, 0) is 39.7 Å². The summed E-state index contributed by atoms with van der Waals surface area (Å²) in [5.74, 6) is -5.32. The van der Waals surface area contributed by atoms with Crippen LogP contribution in [-0.2, 0) is 6.54 Å². The van der Waals surface area contributed by atoms with Crippen molar-refractivity contribution in [2.45, 2.75) is 56.8 Å². The number of carbonyl (C=O) groups is 2. The Balaban J connectivity index is 1.67. The number of hydrogen-bond acceptors (Lipinski definition) is 5. The van der Waals surface area contributed by atoms with E-state index in [1.165, 1.54) is 17.7 Å². The van der Waals surface area contributed by atoms with E-state index in [1.54, 1.807) is 0 Å². The van der Waals surface area contributed by atoms with Crippen LogP contribution >= 0.6 is 0 Å². The van der Waals surface area contributed by atoms with Crippen LogP contribution in [0.3, 0.4) is 0 Å². The lowest BCUT2D eigenvalue weighted by molar-refractivity contribution is 0.0933. The fourth-order valence-electron chi connectivity index (χ4n) is 5.25. The predicted molar refractivity (Wildman–Crippen MR) is 113 cm³/mol. The second-order valence-electron chi connectivity index (χ2n) is 8.90. The maximum absolute atomic E-state index is 14.1. The summed E-state index contributed by atoms with van der Waals surface area (Å²) in [6, 6.07) is 0.173. The number of carbonyl (C=O) groups excluding carboxylic acids is 2. The molecule has 0 unspecified atom stereocenters. The summed E-state index contributed by atoms with van der Waals surface area (Å²) in [5, 5.41) is 12.7. The number of nitrogens with zero attached hydrogens (tertiary/aromatic N) is 2. The smallest absolute Gasteiger partial charge is 0.257 e. The zero-order valence-corrected chi connectivity index (χ0v) is 18.2. The quantitative estimate of drug-likeness (QED) is 0.643. The van der Waals surface area contributed by atoms with Crippen molar-refractivity contribution in [3.05, 3.63) is 62.8 Å². The summed E-state index contributed by atoms with van der Waals surface area (Å²) in [7, 11) is 1.99. The van der Waals surface area contributed by atoms with Gasteiger partial charge in [0.1, 0.15) is 28.7 Å². The van der Waals surface area contributed by atoms with Crippen LogP contribution in [0.15, 0.2) is 23.1 Å². The highest BCUT2D eigenvalue weighted by atomic mass is 19.1. The van der Waals surface area contributed by atoms with Crippen LogP contribution in [0.4, 0.5) is 13.2 Å². The maximum Gasteiger partial charge on any atom is 0.257 e. The molecule has 4 rings (SSSR count). The van der Waals surface area contributed by atoms with Crippen molar-refractivity contribution >= 4 is 12.2 Å². The monoisotopic (exact) mass is 463 g/mol. The average molecular weight is 463 g/mol. The van der Waals surface area contributed by atoms with Gasteiger partial charge >= 0.3 is 0 Å². The summed E-state index contributed by atoms with van der Waals surface area (Å²) in [5.41, 5.74) is -2.61. The number of hydrogen-bond donors (Lipinski definition) is 2. The number of halogens is 3. The molecule has 33 heavy (non-hydrogen) atoms. The Morgan fingerprint density at radius 1 is 1.27 bits per heavy atom. The molecule has 2 saturated heterocycles. The number of likely N-dealkylation sites (N-methyl/N-ethyl adjacent to an activating group) is 1. The van der Waals surface area contributed by atoms with Gasteiger partial charge in [-0.2, -0.15) is 0 Å². The molecule has 2 N–H and O–H groups in total. The molecule has 2 aliphatic rings. The molecule has 1 atom stereocenters. The third kappa shape index (κ3) is 3.82. The van der Waals surface area contributed by atoms with Gasteiger partial charge < -0.3 is 15.0 Å². The lowest BCUT2D eigenvalue weighted by Gasteiger charge is -2.34. The number of fused-ring (bicyclic) bond motifs is 2. The third-order valence-corrected chi connectivity index (χ3v) is 7.12. The first-order valence-corrected chi connectivity index (χ1v) is 10.7. The molecule has 7 nitrogen and oxygen atoms in total. The Labute approximate surface area is 187 Å². The second kappa shape index (κ2) is 8.33. The van der Waals surface area contributed by atoms with E-state index in [0.717, 1.165) is 25.7 Å². The molecule has 1 amide bonds. The Hall–Kier alpha value is -3.14. The molecular formula is C23H24F3N3O4. The summed E-state index contributed by atoms with van der Waals surface area (Å²) in [4.78, 5) is 39.3. The minimum Gasteiger partial charge on any atom is -0.503 e. The number of aromatic nitrogens is 1. The van der Waals surface area contributed by atoms with Crippen molar-refractivity contribution < 1.29 is 27.9 Å². The SMILES string of the molecule is C[C@@H](NC(=O)c1cn(CC23CCC(CC2)N3C)c(C=O)c(O)c1=O)c1c(F)cc(F)cc1F. The van der Waals surface area contributed by atoms with Crippen LogP contribution in [0, 0.1) is 17.5 Å². The van der Waals surface area contributed by atoms with Crippen molar-refractivity contribution in [1.82, 2.24) is 14.8 Å². The summed E-state index contributed by atoms with van der Waals surface area (Å²) < 4.78 is 42.8. The van der Waals surface area contributed by atoms with E-state index in [0.29, 0.717) is 31.0 Å². The first-order chi connectivity index (χ1) is 15.6. The molecular weight excluding hydrogens is 439 g/mol. The Morgan fingerprint density at radius 3 is 2.39 bits per heavy atom. The van der Waals surface area contributed by atoms with Gasteiger partial charge in [-0.15, -0.1) is 0 Å².